The number of esters is 1. The van der Waals surface area contributed by atoms with Crippen LogP contribution in [0.25, 0.3) is 0 Å². The second-order valence-electron chi connectivity index (χ2n) is 5.40. The summed E-state index contributed by atoms with van der Waals surface area (Å²) in [5.74, 6) is -1.40. The number of aryl methyl sites for hydroxylation is 3. The molecule has 2 rings (SSSR count). The topological polar surface area (TPSA) is 55.4 Å². The molecule has 0 aliphatic heterocycles. The van der Waals surface area contributed by atoms with E-state index in [9.17, 15) is 14.0 Å². The zero-order valence-electron chi connectivity index (χ0n) is 13.3. The number of carbonyl (C=O) groups is 2. The van der Waals surface area contributed by atoms with Crippen LogP contribution in [-0.4, -0.2) is 18.5 Å². The number of benzene rings is 2. The molecular weight excluding hydrogens is 297 g/mol. The lowest BCUT2D eigenvalue weighted by Gasteiger charge is -2.11. The summed E-state index contributed by atoms with van der Waals surface area (Å²) in [6, 6.07) is 9.12. The minimum absolute atomic E-state index is 0.389. The number of carbonyl (C=O) groups excluding carboxylic acids is 2. The number of hydrogen-bond acceptors (Lipinski definition) is 3. The van der Waals surface area contributed by atoms with Gasteiger partial charge in [0.05, 0.1) is 5.56 Å². The molecule has 120 valence electrons. The fraction of sp³-hybridized carbons (Fsp3) is 0.222. The van der Waals surface area contributed by atoms with Crippen LogP contribution in [0.2, 0.25) is 0 Å². The van der Waals surface area contributed by atoms with Gasteiger partial charge in [0.2, 0.25) is 0 Å². The van der Waals surface area contributed by atoms with Gasteiger partial charge in [-0.1, -0.05) is 17.7 Å². The zero-order valence-corrected chi connectivity index (χ0v) is 13.3. The van der Waals surface area contributed by atoms with Crippen molar-refractivity contribution in [1.82, 2.24) is 0 Å². The minimum atomic E-state index is -0.533. The number of ether oxygens (including phenoxy) is 1. The Morgan fingerprint density at radius 2 is 1.61 bits per heavy atom. The van der Waals surface area contributed by atoms with Crippen LogP contribution in [0.15, 0.2) is 36.4 Å². The maximum absolute atomic E-state index is 12.8. The monoisotopic (exact) mass is 315 g/mol. The van der Waals surface area contributed by atoms with Gasteiger partial charge >= 0.3 is 5.97 Å². The molecule has 0 aliphatic carbocycles. The molecule has 0 saturated heterocycles. The molecule has 2 aromatic carbocycles. The van der Waals surface area contributed by atoms with Gasteiger partial charge in [0.15, 0.2) is 6.61 Å². The Labute approximate surface area is 134 Å². The van der Waals surface area contributed by atoms with Crippen molar-refractivity contribution in [3.63, 3.8) is 0 Å². The summed E-state index contributed by atoms with van der Waals surface area (Å²) in [6.45, 7) is 5.21. The minimum Gasteiger partial charge on any atom is -0.452 e. The van der Waals surface area contributed by atoms with Crippen LogP contribution in [0.1, 0.15) is 27.0 Å². The van der Waals surface area contributed by atoms with Gasteiger partial charge in [-0.15, -0.1) is 0 Å². The summed E-state index contributed by atoms with van der Waals surface area (Å²) in [7, 11) is 0. The van der Waals surface area contributed by atoms with Gasteiger partial charge in [-0.2, -0.15) is 0 Å². The van der Waals surface area contributed by atoms with Gasteiger partial charge in [-0.25, -0.2) is 9.18 Å². The highest BCUT2D eigenvalue weighted by Crippen LogP contribution is 2.17. The first-order chi connectivity index (χ1) is 10.9. The summed E-state index contributed by atoms with van der Waals surface area (Å²) >= 11 is 0. The first kappa shape index (κ1) is 16.7. The van der Waals surface area contributed by atoms with Crippen molar-refractivity contribution >= 4 is 17.6 Å². The van der Waals surface area contributed by atoms with E-state index in [1.807, 2.05) is 32.9 Å². The number of hydrogen-bond donors (Lipinski definition) is 1. The molecule has 0 unspecified atom stereocenters. The molecule has 2 aromatic rings. The van der Waals surface area contributed by atoms with E-state index in [2.05, 4.69) is 5.32 Å². The van der Waals surface area contributed by atoms with Crippen molar-refractivity contribution < 1.29 is 18.7 Å². The van der Waals surface area contributed by atoms with Crippen LogP contribution in [-0.2, 0) is 9.53 Å². The van der Waals surface area contributed by atoms with E-state index in [1.54, 1.807) is 0 Å². The fourth-order valence-corrected chi connectivity index (χ4v) is 2.44. The Kier molecular flexibility index (Phi) is 5.11. The lowest BCUT2D eigenvalue weighted by atomic mass is 10.00. The molecule has 23 heavy (non-hydrogen) atoms. The van der Waals surface area contributed by atoms with E-state index in [-0.39, 0.29) is 5.82 Å². The average molecular weight is 315 g/mol. The summed E-state index contributed by atoms with van der Waals surface area (Å²) in [5.41, 5.74) is 3.60. The van der Waals surface area contributed by atoms with E-state index in [0.717, 1.165) is 16.7 Å². The second kappa shape index (κ2) is 7.05. The molecular formula is C18H18FNO3. The third-order valence-corrected chi connectivity index (χ3v) is 3.34. The quantitative estimate of drug-likeness (QED) is 0.878. The molecule has 0 saturated carbocycles. The third-order valence-electron chi connectivity index (χ3n) is 3.34. The number of nitrogens with one attached hydrogen (secondary N) is 1. The van der Waals surface area contributed by atoms with Crippen molar-refractivity contribution in [2.75, 3.05) is 11.9 Å². The van der Waals surface area contributed by atoms with Crippen LogP contribution in [0, 0.1) is 26.6 Å². The largest absolute Gasteiger partial charge is 0.452 e. The third kappa shape index (κ3) is 4.39. The highest BCUT2D eigenvalue weighted by Gasteiger charge is 2.15. The van der Waals surface area contributed by atoms with Crippen molar-refractivity contribution in [1.29, 1.82) is 0 Å². The van der Waals surface area contributed by atoms with E-state index in [4.69, 9.17) is 4.74 Å². The van der Waals surface area contributed by atoms with Gasteiger partial charge in [0.1, 0.15) is 5.82 Å². The number of halogens is 1. The summed E-state index contributed by atoms with van der Waals surface area (Å²) in [4.78, 5) is 23.9. The van der Waals surface area contributed by atoms with E-state index < -0.39 is 18.5 Å². The number of anilines is 1. The number of rotatable bonds is 4. The highest BCUT2D eigenvalue weighted by atomic mass is 19.1. The van der Waals surface area contributed by atoms with Crippen LogP contribution >= 0.6 is 0 Å². The van der Waals surface area contributed by atoms with E-state index >= 15 is 0 Å². The molecule has 0 aromatic heterocycles. The Morgan fingerprint density at radius 3 is 2.17 bits per heavy atom. The average Bonchev–Trinajstić information content (AvgIpc) is 2.46. The molecule has 1 amide bonds. The van der Waals surface area contributed by atoms with Gasteiger partial charge < -0.3 is 10.1 Å². The van der Waals surface area contributed by atoms with E-state index in [0.29, 0.717) is 11.3 Å². The Bertz CT molecular complexity index is 715. The molecule has 5 heteroatoms. The Balaban J connectivity index is 1.96. The van der Waals surface area contributed by atoms with Crippen LogP contribution in [0.3, 0.4) is 0 Å². The maximum atomic E-state index is 12.8. The second-order valence-corrected chi connectivity index (χ2v) is 5.40. The van der Waals surface area contributed by atoms with Crippen molar-refractivity contribution in [2.24, 2.45) is 0 Å². The Morgan fingerprint density at radius 1 is 1.04 bits per heavy atom. The Hall–Kier alpha value is -2.69. The van der Waals surface area contributed by atoms with Gasteiger partial charge in [0, 0.05) is 5.69 Å². The van der Waals surface area contributed by atoms with E-state index in [1.165, 1.54) is 24.3 Å². The summed E-state index contributed by atoms with van der Waals surface area (Å²) < 4.78 is 17.8. The van der Waals surface area contributed by atoms with Crippen molar-refractivity contribution in [3.8, 4) is 0 Å². The number of amides is 1. The summed E-state index contributed by atoms with van der Waals surface area (Å²) in [5, 5.41) is 2.53. The lowest BCUT2D eigenvalue weighted by Crippen LogP contribution is -2.21. The van der Waals surface area contributed by atoms with Gasteiger partial charge in [0.25, 0.3) is 5.91 Å². The van der Waals surface area contributed by atoms with Crippen LogP contribution < -0.4 is 5.32 Å². The lowest BCUT2D eigenvalue weighted by molar-refractivity contribution is -0.119. The maximum Gasteiger partial charge on any atom is 0.339 e. The van der Waals surface area contributed by atoms with Crippen LogP contribution in [0.5, 0.6) is 0 Å². The molecule has 0 heterocycles. The molecule has 1 N–H and O–H groups in total. The van der Waals surface area contributed by atoms with Crippen molar-refractivity contribution in [3.05, 3.63) is 64.5 Å². The zero-order chi connectivity index (χ0) is 17.0. The fourth-order valence-electron chi connectivity index (χ4n) is 2.44. The standard InChI is InChI=1S/C18H18FNO3/c1-11-8-12(2)17(13(3)9-11)18(22)23-10-16(21)20-15-6-4-14(19)5-7-15/h4-9H,10H2,1-3H3,(H,20,21). The SMILES string of the molecule is Cc1cc(C)c(C(=O)OCC(=O)Nc2ccc(F)cc2)c(C)c1. The molecule has 4 nitrogen and oxygen atoms in total. The molecule has 0 radical (unpaired) electrons. The molecule has 0 aliphatic rings. The molecule has 0 bridgehead atoms. The predicted molar refractivity (Wildman–Crippen MR) is 86.0 cm³/mol. The smallest absolute Gasteiger partial charge is 0.339 e. The van der Waals surface area contributed by atoms with Gasteiger partial charge in [-0.05, 0) is 56.2 Å². The summed E-state index contributed by atoms with van der Waals surface area (Å²) in [6.07, 6.45) is 0. The van der Waals surface area contributed by atoms with Gasteiger partial charge in [-0.3, -0.25) is 4.79 Å². The normalized spacial score (nSPS) is 10.3. The molecule has 0 atom stereocenters. The predicted octanol–water partition coefficient (Wildman–Crippen LogP) is 3.55. The first-order valence-corrected chi connectivity index (χ1v) is 7.17. The highest BCUT2D eigenvalue weighted by molar-refractivity contribution is 5.96. The van der Waals surface area contributed by atoms with Crippen LogP contribution in [0.4, 0.5) is 10.1 Å². The molecule has 0 fully saturated rings. The molecule has 0 spiro atoms. The van der Waals surface area contributed by atoms with Crippen molar-refractivity contribution in [2.45, 2.75) is 20.8 Å². The first-order valence-electron chi connectivity index (χ1n) is 7.17.